The molecule has 0 bridgehead atoms. The fourth-order valence-electron chi connectivity index (χ4n) is 4.91. The van der Waals surface area contributed by atoms with Crippen LogP contribution >= 0.6 is 39.1 Å². The summed E-state index contributed by atoms with van der Waals surface area (Å²) in [6.45, 7) is 3.00. The molecule has 3 aromatic rings. The third-order valence-electron chi connectivity index (χ3n) is 6.90. The van der Waals surface area contributed by atoms with Gasteiger partial charge in [0.25, 0.3) is 15.9 Å². The molecule has 1 atom stereocenters. The van der Waals surface area contributed by atoms with Gasteiger partial charge in [-0.05, 0) is 42.8 Å². The van der Waals surface area contributed by atoms with E-state index in [4.69, 9.17) is 23.2 Å². The minimum atomic E-state index is -4.18. The molecule has 2 aliphatic heterocycles. The number of sulfonamides is 1. The number of halogens is 3. The minimum absolute atomic E-state index is 0.00920. The van der Waals surface area contributed by atoms with Crippen molar-refractivity contribution in [3.63, 3.8) is 0 Å². The number of amides is 4. The van der Waals surface area contributed by atoms with E-state index in [0.717, 1.165) is 4.47 Å². The number of benzene rings is 2. The second-order valence-electron chi connectivity index (χ2n) is 9.46. The number of imidazole rings is 1. The number of hydrogen-bond acceptors (Lipinski definition) is 6. The van der Waals surface area contributed by atoms with Crippen LogP contribution in [-0.4, -0.2) is 71.2 Å². The lowest BCUT2D eigenvalue weighted by Crippen LogP contribution is -2.54. The van der Waals surface area contributed by atoms with Gasteiger partial charge in [0, 0.05) is 47.6 Å². The summed E-state index contributed by atoms with van der Waals surface area (Å²) in [4.78, 5) is 44.7. The Morgan fingerprint density at radius 2 is 1.62 bits per heavy atom. The van der Waals surface area contributed by atoms with Crippen molar-refractivity contribution in [3.8, 4) is 0 Å². The number of piperazine rings is 1. The molecule has 40 heavy (non-hydrogen) atoms. The molecule has 4 amide bonds. The first-order valence-electron chi connectivity index (χ1n) is 12.1. The van der Waals surface area contributed by atoms with Crippen LogP contribution < -0.4 is 10.2 Å². The van der Waals surface area contributed by atoms with Gasteiger partial charge in [0.05, 0.1) is 11.9 Å². The topological polar surface area (TPSA) is 125 Å². The number of fused-ring (bicyclic) bond motifs is 1. The molecule has 1 aromatic heterocycles. The number of anilines is 2. The highest BCUT2D eigenvalue weighted by Crippen LogP contribution is 2.46. The fraction of sp³-hybridized carbons (Fsp3) is 0.280. The van der Waals surface area contributed by atoms with Crippen LogP contribution in [0.4, 0.5) is 16.4 Å². The van der Waals surface area contributed by atoms with Crippen molar-refractivity contribution >= 4 is 78.6 Å². The van der Waals surface area contributed by atoms with E-state index in [2.05, 4.69) is 26.2 Å². The number of carbonyl (C=O) groups is 3. The van der Waals surface area contributed by atoms with E-state index in [9.17, 15) is 22.8 Å². The zero-order chi connectivity index (χ0) is 29.0. The standard InChI is InChI=1S/C25H23BrCl2N6O5S/c1-15(35)30-24(37)31-7-9-32(10-8-31)40(38,39)21-14-29-23-33(20-12-18(27)11-19(28)13-20)22(36)25(2,34(21)23)16-3-5-17(26)6-4-16/h3-6,11-14H,7-10H2,1-2H3,(H,30,35,37)/t25-/m1/s1. The summed E-state index contributed by atoms with van der Waals surface area (Å²) in [6.07, 6.45) is 1.22. The maximum atomic E-state index is 14.2. The third-order valence-corrected chi connectivity index (χ3v) is 9.73. The van der Waals surface area contributed by atoms with E-state index in [1.165, 1.54) is 37.9 Å². The van der Waals surface area contributed by atoms with Crippen LogP contribution in [0.3, 0.4) is 0 Å². The molecule has 0 spiro atoms. The van der Waals surface area contributed by atoms with Gasteiger partial charge in [-0.2, -0.15) is 4.31 Å². The fourth-order valence-corrected chi connectivity index (χ4v) is 7.28. The lowest BCUT2D eigenvalue weighted by atomic mass is 9.91. The molecule has 0 unspecified atom stereocenters. The van der Waals surface area contributed by atoms with Crippen molar-refractivity contribution in [3.05, 3.63) is 68.7 Å². The first-order valence-corrected chi connectivity index (χ1v) is 15.0. The second-order valence-corrected chi connectivity index (χ2v) is 13.1. The Labute approximate surface area is 248 Å². The van der Waals surface area contributed by atoms with Crippen LogP contribution in [0.5, 0.6) is 0 Å². The molecule has 210 valence electrons. The normalized spacial score (nSPS) is 19.6. The van der Waals surface area contributed by atoms with Crippen LogP contribution in [0.1, 0.15) is 19.4 Å². The number of nitrogens with zero attached hydrogens (tertiary/aromatic N) is 5. The van der Waals surface area contributed by atoms with Gasteiger partial charge in [-0.1, -0.05) is 51.3 Å². The molecule has 1 saturated heterocycles. The predicted molar refractivity (Wildman–Crippen MR) is 152 cm³/mol. The average molecular weight is 670 g/mol. The van der Waals surface area contributed by atoms with Crippen molar-refractivity contribution in [2.45, 2.75) is 24.4 Å². The van der Waals surface area contributed by atoms with Crippen LogP contribution in [0, 0.1) is 0 Å². The maximum Gasteiger partial charge on any atom is 0.324 e. The monoisotopic (exact) mass is 668 g/mol. The van der Waals surface area contributed by atoms with Gasteiger partial charge in [-0.3, -0.25) is 19.5 Å². The summed E-state index contributed by atoms with van der Waals surface area (Å²) in [6, 6.07) is 11.1. The van der Waals surface area contributed by atoms with Crippen molar-refractivity contribution in [1.29, 1.82) is 0 Å². The number of imide groups is 1. The third kappa shape index (κ3) is 4.79. The van der Waals surface area contributed by atoms with Crippen LogP contribution in [0.2, 0.25) is 10.0 Å². The highest BCUT2D eigenvalue weighted by Gasteiger charge is 2.53. The van der Waals surface area contributed by atoms with E-state index in [1.54, 1.807) is 43.3 Å². The average Bonchev–Trinajstić information content (AvgIpc) is 3.42. The van der Waals surface area contributed by atoms with Crippen molar-refractivity contribution < 1.29 is 22.8 Å². The largest absolute Gasteiger partial charge is 0.324 e. The molecular formula is C25H23BrCl2N6O5S. The molecule has 1 N–H and O–H groups in total. The van der Waals surface area contributed by atoms with Gasteiger partial charge < -0.3 is 4.90 Å². The Kier molecular flexibility index (Phi) is 7.46. The maximum absolute atomic E-state index is 14.2. The molecule has 2 aromatic carbocycles. The number of aromatic nitrogens is 2. The van der Waals surface area contributed by atoms with Gasteiger partial charge >= 0.3 is 6.03 Å². The summed E-state index contributed by atoms with van der Waals surface area (Å²) in [7, 11) is -4.18. The van der Waals surface area contributed by atoms with E-state index in [-0.39, 0.29) is 37.2 Å². The van der Waals surface area contributed by atoms with Gasteiger partial charge in [-0.25, -0.2) is 23.1 Å². The van der Waals surface area contributed by atoms with Crippen molar-refractivity contribution in [2.75, 3.05) is 31.1 Å². The molecule has 0 radical (unpaired) electrons. The molecular weight excluding hydrogens is 647 g/mol. The van der Waals surface area contributed by atoms with Crippen LogP contribution in [-0.2, 0) is 25.2 Å². The summed E-state index contributed by atoms with van der Waals surface area (Å²) in [5.74, 6) is -0.859. The van der Waals surface area contributed by atoms with Gasteiger partial charge in [0.15, 0.2) is 10.6 Å². The predicted octanol–water partition coefficient (Wildman–Crippen LogP) is 3.96. The minimum Gasteiger partial charge on any atom is -0.322 e. The van der Waals surface area contributed by atoms with Gasteiger partial charge in [-0.15, -0.1) is 0 Å². The molecule has 0 aliphatic carbocycles. The molecule has 15 heteroatoms. The molecule has 3 heterocycles. The molecule has 5 rings (SSSR count). The first kappa shape index (κ1) is 28.6. The van der Waals surface area contributed by atoms with Crippen LogP contribution in [0.15, 0.2) is 58.2 Å². The number of rotatable bonds is 4. The number of hydrogen-bond donors (Lipinski definition) is 1. The molecule has 1 fully saturated rings. The van der Waals surface area contributed by atoms with Crippen molar-refractivity contribution in [1.82, 2.24) is 24.1 Å². The van der Waals surface area contributed by atoms with E-state index in [0.29, 0.717) is 21.3 Å². The quantitative estimate of drug-likeness (QED) is 0.449. The highest BCUT2D eigenvalue weighted by atomic mass is 79.9. The number of urea groups is 1. The molecule has 11 nitrogen and oxygen atoms in total. The lowest BCUT2D eigenvalue weighted by molar-refractivity contribution is -0.122. The smallest absolute Gasteiger partial charge is 0.322 e. The summed E-state index contributed by atoms with van der Waals surface area (Å²) < 4.78 is 31.4. The molecule has 2 aliphatic rings. The van der Waals surface area contributed by atoms with E-state index >= 15 is 0 Å². The van der Waals surface area contributed by atoms with Crippen LogP contribution in [0.25, 0.3) is 0 Å². The highest BCUT2D eigenvalue weighted by molar-refractivity contribution is 9.10. The van der Waals surface area contributed by atoms with E-state index < -0.39 is 33.4 Å². The second kappa shape index (κ2) is 10.5. The zero-order valence-electron chi connectivity index (χ0n) is 21.3. The Bertz CT molecular complexity index is 1620. The van der Waals surface area contributed by atoms with E-state index in [1.807, 2.05) is 0 Å². The Hall–Kier alpha value is -2.97. The Morgan fingerprint density at radius 1 is 1.02 bits per heavy atom. The molecule has 0 saturated carbocycles. The Morgan fingerprint density at radius 3 is 2.20 bits per heavy atom. The van der Waals surface area contributed by atoms with Gasteiger partial charge in [0.1, 0.15) is 0 Å². The SMILES string of the molecule is CC(=O)NC(=O)N1CCN(S(=O)(=O)c2cnc3n2[C@](C)(c2ccc(Br)cc2)C(=O)N3c2cc(Cl)cc(Cl)c2)CC1. The summed E-state index contributed by atoms with van der Waals surface area (Å²) in [5.41, 5.74) is -0.616. The van der Waals surface area contributed by atoms with Gasteiger partial charge in [0.2, 0.25) is 11.9 Å². The Balaban J connectivity index is 1.59. The zero-order valence-corrected chi connectivity index (χ0v) is 25.2. The lowest BCUT2D eigenvalue weighted by Gasteiger charge is -2.34. The summed E-state index contributed by atoms with van der Waals surface area (Å²) >= 11 is 15.9. The number of nitrogens with one attached hydrogen (secondary N) is 1. The number of carbonyl (C=O) groups excluding carboxylic acids is 3. The summed E-state index contributed by atoms with van der Waals surface area (Å²) in [5, 5.41) is 2.61. The first-order chi connectivity index (χ1) is 18.8. The van der Waals surface area contributed by atoms with Crippen molar-refractivity contribution in [2.24, 2.45) is 0 Å².